The SMILES string of the molecule is O=C(Cc1c(F)cccc1Cl)OCc1nnc(-c2ccccc2)o1. The van der Waals surface area contributed by atoms with Crippen LogP contribution in [0.1, 0.15) is 11.5 Å². The predicted molar refractivity (Wildman–Crippen MR) is 84.6 cm³/mol. The molecule has 3 aromatic rings. The fraction of sp³-hybridized carbons (Fsp3) is 0.118. The number of carbonyl (C=O) groups excluding carboxylic acids is 1. The third kappa shape index (κ3) is 3.78. The highest BCUT2D eigenvalue weighted by Crippen LogP contribution is 2.20. The molecule has 0 spiro atoms. The third-order valence-corrected chi connectivity index (χ3v) is 3.58. The van der Waals surface area contributed by atoms with Gasteiger partial charge in [-0.25, -0.2) is 4.39 Å². The van der Waals surface area contributed by atoms with Crippen molar-refractivity contribution in [1.29, 1.82) is 0 Å². The van der Waals surface area contributed by atoms with Gasteiger partial charge in [-0.2, -0.15) is 0 Å². The Morgan fingerprint density at radius 1 is 1.12 bits per heavy atom. The van der Waals surface area contributed by atoms with Gasteiger partial charge in [-0.3, -0.25) is 4.79 Å². The van der Waals surface area contributed by atoms with Crippen molar-refractivity contribution >= 4 is 17.6 Å². The summed E-state index contributed by atoms with van der Waals surface area (Å²) in [6.07, 6.45) is -0.273. The van der Waals surface area contributed by atoms with E-state index in [1.54, 1.807) is 0 Å². The molecule has 0 aliphatic heterocycles. The normalized spacial score (nSPS) is 10.6. The number of carbonyl (C=O) groups is 1. The maximum atomic E-state index is 13.6. The van der Waals surface area contributed by atoms with Crippen LogP contribution in [0.4, 0.5) is 4.39 Å². The number of nitrogens with zero attached hydrogens (tertiary/aromatic N) is 2. The molecule has 0 saturated carbocycles. The zero-order valence-corrected chi connectivity index (χ0v) is 13.2. The molecule has 1 aromatic heterocycles. The van der Waals surface area contributed by atoms with Gasteiger partial charge in [0.05, 0.1) is 6.42 Å². The molecule has 0 aliphatic carbocycles. The molecule has 5 nitrogen and oxygen atoms in total. The predicted octanol–water partition coefficient (Wildman–Crippen LogP) is 3.82. The Balaban J connectivity index is 1.60. The first-order valence-corrected chi connectivity index (χ1v) is 7.47. The minimum atomic E-state index is -0.638. The zero-order chi connectivity index (χ0) is 16.9. The minimum Gasteiger partial charge on any atom is -0.455 e. The lowest BCUT2D eigenvalue weighted by atomic mass is 10.1. The van der Waals surface area contributed by atoms with E-state index in [9.17, 15) is 9.18 Å². The summed E-state index contributed by atoms with van der Waals surface area (Å²) >= 11 is 5.87. The van der Waals surface area contributed by atoms with E-state index >= 15 is 0 Å². The van der Waals surface area contributed by atoms with E-state index < -0.39 is 11.8 Å². The first-order chi connectivity index (χ1) is 11.6. The van der Waals surface area contributed by atoms with Gasteiger partial charge < -0.3 is 9.15 Å². The molecule has 122 valence electrons. The van der Waals surface area contributed by atoms with E-state index in [2.05, 4.69) is 10.2 Å². The Labute approximate surface area is 142 Å². The summed E-state index contributed by atoms with van der Waals surface area (Å²) < 4.78 is 24.1. The van der Waals surface area contributed by atoms with Crippen molar-refractivity contribution in [3.8, 4) is 11.5 Å². The summed E-state index contributed by atoms with van der Waals surface area (Å²) in [5, 5.41) is 7.88. The lowest BCUT2D eigenvalue weighted by Crippen LogP contribution is -2.09. The van der Waals surface area contributed by atoms with E-state index in [-0.39, 0.29) is 29.5 Å². The molecule has 0 fully saturated rings. The molecule has 0 amide bonds. The second kappa shape index (κ2) is 7.23. The van der Waals surface area contributed by atoms with Crippen LogP contribution in [0.25, 0.3) is 11.5 Å². The molecule has 0 atom stereocenters. The molecule has 1 heterocycles. The maximum Gasteiger partial charge on any atom is 0.310 e. The van der Waals surface area contributed by atoms with Crippen molar-refractivity contribution in [2.24, 2.45) is 0 Å². The molecule has 3 rings (SSSR count). The number of rotatable bonds is 5. The van der Waals surface area contributed by atoms with Crippen LogP contribution in [0, 0.1) is 5.82 Å². The van der Waals surface area contributed by atoms with Gasteiger partial charge in [0.2, 0.25) is 5.89 Å². The van der Waals surface area contributed by atoms with Gasteiger partial charge in [-0.05, 0) is 24.3 Å². The zero-order valence-electron chi connectivity index (χ0n) is 12.4. The first-order valence-electron chi connectivity index (χ1n) is 7.10. The molecule has 0 N–H and O–H groups in total. The molecule has 0 aliphatic rings. The van der Waals surface area contributed by atoms with Crippen LogP contribution in [-0.2, 0) is 22.6 Å². The monoisotopic (exact) mass is 346 g/mol. The number of esters is 1. The molecule has 0 saturated heterocycles. The Morgan fingerprint density at radius 3 is 2.67 bits per heavy atom. The number of ether oxygens (including phenoxy) is 1. The topological polar surface area (TPSA) is 65.2 Å². The molecule has 0 unspecified atom stereocenters. The Bertz CT molecular complexity index is 832. The summed E-state index contributed by atoms with van der Waals surface area (Å²) in [5.74, 6) is -0.703. The largest absolute Gasteiger partial charge is 0.455 e. The average molecular weight is 347 g/mol. The molecular formula is C17H12ClFN2O3. The van der Waals surface area contributed by atoms with E-state index in [1.165, 1.54) is 18.2 Å². The fourth-order valence-electron chi connectivity index (χ4n) is 2.05. The summed E-state index contributed by atoms with van der Waals surface area (Å²) in [5.41, 5.74) is 0.861. The molecule has 0 radical (unpaired) electrons. The van der Waals surface area contributed by atoms with Crippen molar-refractivity contribution in [2.45, 2.75) is 13.0 Å². The van der Waals surface area contributed by atoms with E-state index in [0.717, 1.165) is 5.56 Å². The lowest BCUT2D eigenvalue weighted by Gasteiger charge is -2.05. The summed E-state index contributed by atoms with van der Waals surface area (Å²) in [4.78, 5) is 11.8. The molecule has 2 aromatic carbocycles. The average Bonchev–Trinajstić information content (AvgIpc) is 3.06. The van der Waals surface area contributed by atoms with Gasteiger partial charge in [0.15, 0.2) is 6.61 Å². The Kier molecular flexibility index (Phi) is 4.86. The van der Waals surface area contributed by atoms with Crippen molar-refractivity contribution in [3.63, 3.8) is 0 Å². The van der Waals surface area contributed by atoms with Crippen molar-refractivity contribution in [3.05, 3.63) is 70.8 Å². The highest BCUT2D eigenvalue weighted by Gasteiger charge is 2.15. The molecular weight excluding hydrogens is 335 g/mol. The summed E-state index contributed by atoms with van der Waals surface area (Å²) in [6, 6.07) is 13.4. The van der Waals surface area contributed by atoms with Gasteiger partial charge in [0.25, 0.3) is 5.89 Å². The minimum absolute atomic E-state index is 0.0969. The van der Waals surface area contributed by atoms with Crippen molar-refractivity contribution in [1.82, 2.24) is 10.2 Å². The highest BCUT2D eigenvalue weighted by molar-refractivity contribution is 6.31. The van der Waals surface area contributed by atoms with E-state index in [1.807, 2.05) is 30.3 Å². The van der Waals surface area contributed by atoms with E-state index in [0.29, 0.717) is 5.89 Å². The van der Waals surface area contributed by atoms with Gasteiger partial charge in [-0.1, -0.05) is 35.9 Å². The Morgan fingerprint density at radius 2 is 1.92 bits per heavy atom. The Hall–Kier alpha value is -2.73. The molecule has 0 bridgehead atoms. The standard InChI is InChI=1S/C17H12ClFN2O3/c18-13-7-4-8-14(19)12(13)9-16(22)23-10-15-20-21-17(24-15)11-5-2-1-3-6-11/h1-8H,9-10H2. The van der Waals surface area contributed by atoms with Gasteiger partial charge in [0.1, 0.15) is 5.82 Å². The van der Waals surface area contributed by atoms with E-state index in [4.69, 9.17) is 20.8 Å². The molecule has 7 heteroatoms. The maximum absolute atomic E-state index is 13.6. The second-order valence-corrected chi connectivity index (χ2v) is 5.31. The summed E-state index contributed by atoms with van der Waals surface area (Å²) in [7, 11) is 0. The van der Waals surface area contributed by atoms with Gasteiger partial charge in [0, 0.05) is 16.1 Å². The van der Waals surface area contributed by atoms with Gasteiger partial charge in [-0.15, -0.1) is 10.2 Å². The highest BCUT2D eigenvalue weighted by atomic mass is 35.5. The third-order valence-electron chi connectivity index (χ3n) is 3.23. The van der Waals surface area contributed by atoms with Crippen LogP contribution in [0.15, 0.2) is 52.9 Å². The second-order valence-electron chi connectivity index (χ2n) is 4.90. The van der Waals surface area contributed by atoms with Crippen LogP contribution in [-0.4, -0.2) is 16.2 Å². The smallest absolute Gasteiger partial charge is 0.310 e. The quantitative estimate of drug-likeness (QED) is 0.657. The van der Waals surface area contributed by atoms with Crippen LogP contribution >= 0.6 is 11.6 Å². The van der Waals surface area contributed by atoms with Crippen molar-refractivity contribution < 1.29 is 18.3 Å². The van der Waals surface area contributed by atoms with Crippen LogP contribution in [0.2, 0.25) is 5.02 Å². The summed E-state index contributed by atoms with van der Waals surface area (Å²) in [6.45, 7) is -0.190. The molecule has 24 heavy (non-hydrogen) atoms. The number of hydrogen-bond acceptors (Lipinski definition) is 5. The number of halogens is 2. The number of hydrogen-bond donors (Lipinski definition) is 0. The van der Waals surface area contributed by atoms with Crippen LogP contribution in [0.3, 0.4) is 0 Å². The van der Waals surface area contributed by atoms with Crippen LogP contribution < -0.4 is 0 Å². The number of benzene rings is 2. The van der Waals surface area contributed by atoms with Gasteiger partial charge >= 0.3 is 5.97 Å². The fourth-order valence-corrected chi connectivity index (χ4v) is 2.28. The first kappa shape index (κ1) is 16.1. The van der Waals surface area contributed by atoms with Crippen LogP contribution in [0.5, 0.6) is 0 Å². The van der Waals surface area contributed by atoms with Crippen molar-refractivity contribution in [2.75, 3.05) is 0 Å². The number of aromatic nitrogens is 2. The lowest BCUT2D eigenvalue weighted by molar-refractivity contribution is -0.144.